The zero-order valence-corrected chi connectivity index (χ0v) is 38.3. The summed E-state index contributed by atoms with van der Waals surface area (Å²) in [4.78, 5) is 14.0. The molecule has 4 heterocycles. The molecule has 0 atom stereocenters. The van der Waals surface area contributed by atoms with Crippen LogP contribution in [-0.4, -0.2) is 23.0 Å². The first-order chi connectivity index (χ1) is 27.9. The Balaban J connectivity index is 0.000000187. The maximum absolute atomic E-state index is 6.20. The fourth-order valence-electron chi connectivity index (χ4n) is 7.84. The molecule has 0 spiro atoms. The maximum atomic E-state index is 6.20. The maximum Gasteiger partial charge on any atom is 0.121 e. The summed E-state index contributed by atoms with van der Waals surface area (Å²) in [6.45, 7) is 17.6. The van der Waals surface area contributed by atoms with Gasteiger partial charge in [-0.1, -0.05) is 134 Å². The summed E-state index contributed by atoms with van der Waals surface area (Å²) >= 11 is 0. The first kappa shape index (κ1) is 41.4. The van der Waals surface area contributed by atoms with Gasteiger partial charge in [0.1, 0.15) is 5.58 Å². The Morgan fingerprint density at radius 1 is 0.492 bits per heavy atom. The molecule has 0 saturated heterocycles. The second kappa shape index (κ2) is 17.2. The van der Waals surface area contributed by atoms with Gasteiger partial charge < -0.3 is 14.4 Å². The number of nitrogens with zero attached hydrogens (tertiary/aromatic N) is 3. The Hall–Kier alpha value is -5.78. The van der Waals surface area contributed by atoms with Crippen molar-refractivity contribution in [2.75, 3.05) is 0 Å². The van der Waals surface area contributed by atoms with Gasteiger partial charge in [0.2, 0.25) is 0 Å². The molecule has 4 aromatic heterocycles. The van der Waals surface area contributed by atoms with Crippen molar-refractivity contribution in [1.29, 1.82) is 0 Å². The number of benzene rings is 5. The van der Waals surface area contributed by atoms with Crippen LogP contribution >= 0.6 is 0 Å². The second-order valence-electron chi connectivity index (χ2n) is 16.3. The van der Waals surface area contributed by atoms with Crippen LogP contribution < -0.4 is 5.19 Å². The van der Waals surface area contributed by atoms with Gasteiger partial charge in [-0.15, -0.1) is 53.1 Å². The molecule has 0 fully saturated rings. The van der Waals surface area contributed by atoms with Crippen LogP contribution in [0.4, 0.5) is 0 Å². The third kappa shape index (κ3) is 8.96. The Labute approximate surface area is 362 Å². The van der Waals surface area contributed by atoms with E-state index in [2.05, 4.69) is 173 Å². The van der Waals surface area contributed by atoms with Crippen molar-refractivity contribution in [3.05, 3.63) is 180 Å². The molecule has 0 bridgehead atoms. The van der Waals surface area contributed by atoms with Gasteiger partial charge in [0.25, 0.3) is 0 Å². The summed E-state index contributed by atoms with van der Waals surface area (Å²) in [5, 5.41) is 3.60. The molecule has 0 aliphatic rings. The molecule has 9 aromatic rings. The first-order valence-electron chi connectivity index (χ1n) is 19.8. The van der Waals surface area contributed by atoms with Gasteiger partial charge in [-0.05, 0) is 84.7 Å². The normalized spacial score (nSPS) is 11.3. The van der Waals surface area contributed by atoms with E-state index in [1.165, 1.54) is 38.6 Å². The van der Waals surface area contributed by atoms with Gasteiger partial charge in [0.15, 0.2) is 0 Å². The average molecular weight is 962 g/mol. The molecule has 59 heavy (non-hydrogen) atoms. The average Bonchev–Trinajstić information content (AvgIpc) is 3.58. The molecule has 4 nitrogen and oxygen atoms in total. The quantitative estimate of drug-likeness (QED) is 0.123. The van der Waals surface area contributed by atoms with Gasteiger partial charge in [-0.2, -0.15) is 0 Å². The van der Waals surface area contributed by atoms with E-state index in [-0.39, 0.29) is 20.1 Å². The Kier molecular flexibility index (Phi) is 12.1. The van der Waals surface area contributed by atoms with Gasteiger partial charge in [0, 0.05) is 54.8 Å². The van der Waals surface area contributed by atoms with E-state index >= 15 is 0 Å². The standard InChI is InChI=1S/C31H23N2O.C22H24NSi.Ir/c1-19-13-29(32-18-28(19)22-7-5-4-6-8-22)24-10-12-30-27(16-24)26-11-9-23(17-31(26)34-30)25-14-20(2)33-21(3)15-25;1-16-13-19(11-12-20(16)18-9-7-6-8-10-18)21-14-17(2)22(15-23-21)24(3,4)5;/h4-9,11-18H,1-3H3;6-10,12-15H,1-5H3;/q2*-1;. The van der Waals surface area contributed by atoms with Crippen molar-refractivity contribution in [3.63, 3.8) is 0 Å². The first-order valence-corrected chi connectivity index (χ1v) is 23.3. The predicted molar refractivity (Wildman–Crippen MR) is 245 cm³/mol. The monoisotopic (exact) mass is 962 g/mol. The van der Waals surface area contributed by atoms with Crippen LogP contribution in [0.3, 0.4) is 0 Å². The van der Waals surface area contributed by atoms with Gasteiger partial charge in [0.05, 0.1) is 13.7 Å². The molecule has 0 aliphatic heterocycles. The Morgan fingerprint density at radius 2 is 1.07 bits per heavy atom. The van der Waals surface area contributed by atoms with E-state index in [1.54, 1.807) is 0 Å². The number of aromatic nitrogens is 3. The molecule has 0 saturated carbocycles. The van der Waals surface area contributed by atoms with E-state index in [9.17, 15) is 0 Å². The number of fused-ring (bicyclic) bond motifs is 3. The molecular weight excluding hydrogens is 915 g/mol. The summed E-state index contributed by atoms with van der Waals surface area (Å²) in [5.74, 6) is 0. The van der Waals surface area contributed by atoms with Crippen LogP contribution in [0.1, 0.15) is 28.1 Å². The number of pyridine rings is 3. The van der Waals surface area contributed by atoms with E-state index < -0.39 is 8.07 Å². The largest absolute Gasteiger partial charge is 0.500 e. The van der Waals surface area contributed by atoms with Crippen LogP contribution in [0.25, 0.3) is 77.8 Å². The third-order valence-electron chi connectivity index (χ3n) is 10.7. The van der Waals surface area contributed by atoms with Gasteiger partial charge in [-0.3, -0.25) is 4.98 Å². The van der Waals surface area contributed by atoms with E-state index in [4.69, 9.17) is 14.4 Å². The van der Waals surface area contributed by atoms with E-state index in [0.717, 1.165) is 72.5 Å². The predicted octanol–water partition coefficient (Wildman–Crippen LogP) is 13.5. The Morgan fingerprint density at radius 3 is 1.68 bits per heavy atom. The van der Waals surface area contributed by atoms with Crippen molar-refractivity contribution < 1.29 is 24.5 Å². The number of hydrogen-bond acceptors (Lipinski definition) is 4. The summed E-state index contributed by atoms with van der Waals surface area (Å²) < 4.78 is 6.20. The van der Waals surface area contributed by atoms with E-state index in [0.29, 0.717) is 0 Å². The Bertz CT molecular complexity index is 2910. The molecule has 9 rings (SSSR count). The van der Waals surface area contributed by atoms with Gasteiger partial charge in [-0.25, -0.2) is 0 Å². The smallest absolute Gasteiger partial charge is 0.121 e. The topological polar surface area (TPSA) is 51.8 Å². The zero-order chi connectivity index (χ0) is 40.6. The molecule has 6 heteroatoms. The van der Waals surface area contributed by atoms with Crippen LogP contribution in [-0.2, 0) is 20.1 Å². The van der Waals surface area contributed by atoms with Crippen molar-refractivity contribution in [2.24, 2.45) is 0 Å². The molecule has 0 unspecified atom stereocenters. The summed E-state index contributed by atoms with van der Waals surface area (Å²) in [7, 11) is -1.34. The minimum absolute atomic E-state index is 0. The molecule has 0 N–H and O–H groups in total. The number of aryl methyl sites for hydroxylation is 5. The van der Waals surface area contributed by atoms with Crippen molar-refractivity contribution in [2.45, 2.75) is 54.3 Å². The second-order valence-corrected chi connectivity index (χ2v) is 21.3. The van der Waals surface area contributed by atoms with Gasteiger partial charge >= 0.3 is 0 Å². The summed E-state index contributed by atoms with van der Waals surface area (Å²) in [6.07, 6.45) is 4.03. The van der Waals surface area contributed by atoms with Crippen LogP contribution in [0.2, 0.25) is 19.6 Å². The fraction of sp³-hybridized carbons (Fsp3) is 0.151. The van der Waals surface area contributed by atoms with Crippen molar-refractivity contribution in [1.82, 2.24) is 15.0 Å². The van der Waals surface area contributed by atoms with Crippen LogP contribution in [0.15, 0.2) is 144 Å². The SMILES string of the molecule is Cc1cc(-c2cc(C)c([Si](C)(C)C)cn2)[c-]cc1-c1ccccc1.Cc1cc(-c2ccc3c(c2)oc2c[c-]c(-c4cc(C)c(-c5ccccc5)cn4)cc23)cc(C)n1.[Ir]. The van der Waals surface area contributed by atoms with Crippen molar-refractivity contribution in [3.8, 4) is 55.9 Å². The van der Waals surface area contributed by atoms with E-state index in [1.807, 2.05) is 38.2 Å². The third-order valence-corrected chi connectivity index (χ3v) is 12.9. The number of hydrogen-bond donors (Lipinski definition) is 0. The zero-order valence-electron chi connectivity index (χ0n) is 34.9. The van der Waals surface area contributed by atoms with Crippen LogP contribution in [0, 0.1) is 46.8 Å². The minimum Gasteiger partial charge on any atom is -0.500 e. The summed E-state index contributed by atoms with van der Waals surface area (Å²) in [6, 6.07) is 50.9. The molecule has 1 radical (unpaired) electrons. The molecule has 0 aliphatic carbocycles. The summed E-state index contributed by atoms with van der Waals surface area (Å²) in [5.41, 5.74) is 18.5. The molecule has 5 aromatic carbocycles. The molecule has 295 valence electrons. The van der Waals surface area contributed by atoms with Crippen molar-refractivity contribution >= 4 is 35.2 Å². The fourth-order valence-corrected chi connectivity index (χ4v) is 9.54. The molecular formula is C53H47IrN3OSi-2. The molecule has 0 amide bonds. The number of furan rings is 1. The van der Waals surface area contributed by atoms with Crippen LogP contribution in [0.5, 0.6) is 0 Å². The number of rotatable bonds is 6. The minimum atomic E-state index is -1.34.